The highest BCUT2D eigenvalue weighted by molar-refractivity contribution is 5.11. The predicted octanol–water partition coefficient (Wildman–Crippen LogP) is 4.23. The lowest BCUT2D eigenvalue weighted by Gasteiger charge is -2.65. The Morgan fingerprint density at radius 1 is 1.06 bits per heavy atom. The zero-order chi connectivity index (χ0) is 13.2. The van der Waals surface area contributed by atoms with Crippen LogP contribution in [0.4, 0.5) is 0 Å². The summed E-state index contributed by atoms with van der Waals surface area (Å²) in [6.07, 6.45) is 9.06. The molecular formula is C17H31N. The molecule has 1 nitrogen and oxygen atoms in total. The molecule has 0 aliphatic heterocycles. The summed E-state index contributed by atoms with van der Waals surface area (Å²) in [6, 6.07) is 0.690. The van der Waals surface area contributed by atoms with Crippen molar-refractivity contribution < 1.29 is 0 Å². The maximum atomic E-state index is 3.72. The third-order valence-corrected chi connectivity index (χ3v) is 6.17. The van der Waals surface area contributed by atoms with Crippen molar-refractivity contribution >= 4 is 0 Å². The molecule has 0 aromatic carbocycles. The largest absolute Gasteiger partial charge is 0.316 e. The minimum Gasteiger partial charge on any atom is -0.316 e. The molecule has 4 bridgehead atoms. The van der Waals surface area contributed by atoms with Gasteiger partial charge in [-0.15, -0.1) is 0 Å². The van der Waals surface area contributed by atoms with Crippen LogP contribution >= 0.6 is 0 Å². The third-order valence-electron chi connectivity index (χ3n) is 6.17. The van der Waals surface area contributed by atoms with Gasteiger partial charge >= 0.3 is 0 Å². The Balaban J connectivity index is 1.95. The molecule has 4 rings (SSSR count). The van der Waals surface area contributed by atoms with Crippen molar-refractivity contribution in [3.05, 3.63) is 0 Å². The molecule has 3 unspecified atom stereocenters. The van der Waals surface area contributed by atoms with E-state index in [9.17, 15) is 0 Å². The highest BCUT2D eigenvalue weighted by Crippen LogP contribution is 2.67. The van der Waals surface area contributed by atoms with Gasteiger partial charge in [0.15, 0.2) is 0 Å². The van der Waals surface area contributed by atoms with Gasteiger partial charge in [0.1, 0.15) is 0 Å². The molecule has 4 saturated carbocycles. The summed E-state index contributed by atoms with van der Waals surface area (Å²) in [5.41, 5.74) is 1.66. The highest BCUT2D eigenvalue weighted by Gasteiger charge is 2.59. The molecule has 3 atom stereocenters. The van der Waals surface area contributed by atoms with Crippen molar-refractivity contribution in [3.63, 3.8) is 0 Å². The number of hydrogen-bond donors (Lipinski definition) is 1. The van der Waals surface area contributed by atoms with Crippen LogP contribution in [0.3, 0.4) is 0 Å². The van der Waals surface area contributed by atoms with Crippen LogP contribution in [-0.2, 0) is 0 Å². The summed E-state index contributed by atoms with van der Waals surface area (Å²) in [7, 11) is 2.19. The lowest BCUT2D eigenvalue weighted by Crippen LogP contribution is -2.61. The molecule has 18 heavy (non-hydrogen) atoms. The van der Waals surface area contributed by atoms with E-state index in [-0.39, 0.29) is 0 Å². The Morgan fingerprint density at radius 2 is 1.61 bits per heavy atom. The SMILES string of the molecule is CNC(C(C)(C)C)C12CC3CC(CC(C)(C3)C1)C2. The fraction of sp³-hybridized carbons (Fsp3) is 1.00. The number of nitrogens with one attached hydrogen (secondary N) is 1. The van der Waals surface area contributed by atoms with Gasteiger partial charge in [0, 0.05) is 6.04 Å². The van der Waals surface area contributed by atoms with Crippen LogP contribution in [0.5, 0.6) is 0 Å². The summed E-state index contributed by atoms with van der Waals surface area (Å²) in [6.45, 7) is 9.86. The van der Waals surface area contributed by atoms with E-state index in [1.165, 1.54) is 38.5 Å². The fourth-order valence-corrected chi connectivity index (χ4v) is 6.79. The van der Waals surface area contributed by atoms with Gasteiger partial charge in [0.25, 0.3) is 0 Å². The summed E-state index contributed by atoms with van der Waals surface area (Å²) in [4.78, 5) is 0. The first kappa shape index (κ1) is 13.0. The Labute approximate surface area is 113 Å². The van der Waals surface area contributed by atoms with Crippen molar-refractivity contribution in [2.45, 2.75) is 72.3 Å². The smallest absolute Gasteiger partial charge is 0.0169 e. The minimum absolute atomic E-state index is 0.386. The average Bonchev–Trinajstić information content (AvgIpc) is 2.10. The molecule has 0 radical (unpaired) electrons. The van der Waals surface area contributed by atoms with E-state index in [0.717, 1.165) is 11.8 Å². The molecule has 4 aliphatic carbocycles. The van der Waals surface area contributed by atoms with Crippen LogP contribution in [0.15, 0.2) is 0 Å². The zero-order valence-electron chi connectivity index (χ0n) is 13.0. The Bertz CT molecular complexity index is 324. The Morgan fingerprint density at radius 3 is 2.00 bits per heavy atom. The molecule has 1 N–H and O–H groups in total. The van der Waals surface area contributed by atoms with Crippen molar-refractivity contribution in [2.75, 3.05) is 7.05 Å². The predicted molar refractivity (Wildman–Crippen MR) is 77.5 cm³/mol. The fourth-order valence-electron chi connectivity index (χ4n) is 6.79. The molecule has 0 aromatic heterocycles. The molecule has 0 heterocycles. The van der Waals surface area contributed by atoms with E-state index in [0.29, 0.717) is 22.3 Å². The van der Waals surface area contributed by atoms with E-state index in [4.69, 9.17) is 0 Å². The minimum atomic E-state index is 0.386. The number of hydrogen-bond acceptors (Lipinski definition) is 1. The average molecular weight is 249 g/mol. The monoisotopic (exact) mass is 249 g/mol. The van der Waals surface area contributed by atoms with Crippen molar-refractivity contribution in [1.82, 2.24) is 5.32 Å². The molecule has 4 aliphatic rings. The quantitative estimate of drug-likeness (QED) is 0.772. The highest BCUT2D eigenvalue weighted by atomic mass is 14.9. The Kier molecular flexibility index (Phi) is 2.70. The molecule has 0 aromatic rings. The maximum absolute atomic E-state index is 3.72. The molecule has 4 fully saturated rings. The Hall–Kier alpha value is -0.0400. The van der Waals surface area contributed by atoms with Gasteiger partial charge in [-0.25, -0.2) is 0 Å². The first-order chi connectivity index (χ1) is 8.26. The lowest BCUT2D eigenvalue weighted by molar-refractivity contribution is -0.132. The normalized spacial score (nSPS) is 48.5. The molecule has 0 saturated heterocycles. The van der Waals surface area contributed by atoms with E-state index in [1.807, 2.05) is 0 Å². The van der Waals surface area contributed by atoms with Crippen molar-refractivity contribution in [3.8, 4) is 0 Å². The van der Waals surface area contributed by atoms with Crippen molar-refractivity contribution in [1.29, 1.82) is 0 Å². The summed E-state index contributed by atoms with van der Waals surface area (Å²) < 4.78 is 0. The second-order valence-corrected chi connectivity index (χ2v) is 9.22. The molecule has 0 spiro atoms. The van der Waals surface area contributed by atoms with Gasteiger partial charge in [-0.05, 0) is 73.7 Å². The summed E-state index contributed by atoms with van der Waals surface area (Å²) >= 11 is 0. The van der Waals surface area contributed by atoms with Crippen LogP contribution < -0.4 is 5.32 Å². The topological polar surface area (TPSA) is 12.0 Å². The molecule has 104 valence electrons. The molecular weight excluding hydrogens is 218 g/mol. The zero-order valence-corrected chi connectivity index (χ0v) is 13.0. The third kappa shape index (κ3) is 1.85. The van der Waals surface area contributed by atoms with Crippen LogP contribution in [-0.4, -0.2) is 13.1 Å². The van der Waals surface area contributed by atoms with E-state index in [1.54, 1.807) is 0 Å². The van der Waals surface area contributed by atoms with E-state index in [2.05, 4.69) is 40.1 Å². The first-order valence-electron chi connectivity index (χ1n) is 7.94. The standard InChI is InChI=1S/C17H31N/c1-15(2,3)14(18-5)17-9-12-6-13(10-17)8-16(4,7-12)11-17/h12-14,18H,6-11H2,1-5H3. The second kappa shape index (κ2) is 3.75. The van der Waals surface area contributed by atoms with Gasteiger partial charge in [-0.1, -0.05) is 27.7 Å². The first-order valence-corrected chi connectivity index (χ1v) is 7.94. The van der Waals surface area contributed by atoms with Crippen LogP contribution in [0.25, 0.3) is 0 Å². The second-order valence-electron chi connectivity index (χ2n) is 9.22. The lowest BCUT2D eigenvalue weighted by atomic mass is 9.41. The van der Waals surface area contributed by atoms with Gasteiger partial charge in [-0.3, -0.25) is 0 Å². The van der Waals surface area contributed by atoms with Gasteiger partial charge in [-0.2, -0.15) is 0 Å². The van der Waals surface area contributed by atoms with E-state index < -0.39 is 0 Å². The van der Waals surface area contributed by atoms with Gasteiger partial charge in [0.2, 0.25) is 0 Å². The van der Waals surface area contributed by atoms with Crippen molar-refractivity contribution in [2.24, 2.45) is 28.1 Å². The van der Waals surface area contributed by atoms with Crippen LogP contribution in [0.1, 0.15) is 66.2 Å². The molecule has 0 amide bonds. The van der Waals surface area contributed by atoms with E-state index >= 15 is 0 Å². The van der Waals surface area contributed by atoms with Gasteiger partial charge < -0.3 is 5.32 Å². The maximum Gasteiger partial charge on any atom is 0.0169 e. The summed E-state index contributed by atoms with van der Waals surface area (Å²) in [5.74, 6) is 2.07. The van der Waals surface area contributed by atoms with Crippen LogP contribution in [0.2, 0.25) is 0 Å². The van der Waals surface area contributed by atoms with Gasteiger partial charge in [0.05, 0.1) is 0 Å². The molecule has 1 heteroatoms. The summed E-state index contributed by atoms with van der Waals surface area (Å²) in [5, 5.41) is 3.72. The number of rotatable bonds is 2. The van der Waals surface area contributed by atoms with Crippen LogP contribution in [0, 0.1) is 28.1 Å².